The molecule has 1 unspecified atom stereocenters. The maximum atomic E-state index is 11.3. The van der Waals surface area contributed by atoms with Crippen LogP contribution in [-0.4, -0.2) is 5.78 Å². The summed E-state index contributed by atoms with van der Waals surface area (Å²) in [6.45, 7) is 1.56. The number of rotatable bonds is 2. The monoisotopic (exact) mass is 216 g/mol. The molecule has 1 aromatic rings. The van der Waals surface area contributed by atoms with Gasteiger partial charge in [-0.3, -0.25) is 4.79 Å². The molecule has 3 nitrogen and oxygen atoms in total. The molecule has 1 aliphatic carbocycles. The zero-order valence-electron chi connectivity index (χ0n) is 9.36. The molecule has 0 spiro atoms. The second-order valence-corrected chi connectivity index (χ2v) is 4.45. The topological polar surface area (TPSA) is 69.1 Å². The highest BCUT2D eigenvalue weighted by Crippen LogP contribution is 2.37. The van der Waals surface area contributed by atoms with E-state index in [1.54, 1.807) is 6.92 Å². The Balaban J connectivity index is 2.54. The summed E-state index contributed by atoms with van der Waals surface area (Å²) in [5.74, 6) is 0.0898. The van der Waals surface area contributed by atoms with Gasteiger partial charge >= 0.3 is 0 Å². The van der Waals surface area contributed by atoms with Crippen LogP contribution in [0.15, 0.2) is 24.3 Å². The van der Waals surface area contributed by atoms with Crippen LogP contribution in [-0.2, 0) is 10.3 Å². The number of Topliss-reactive ketones (excluding diaryl/α,β-unsaturated/α-hetero) is 1. The number of carbonyl (C=O) groups is 1. The van der Waals surface area contributed by atoms with Crippen LogP contribution in [0.25, 0.3) is 6.08 Å². The lowest BCUT2D eigenvalue weighted by molar-refractivity contribution is -0.118. The number of nitrogen functional groups attached to an aromatic ring is 1. The molecule has 84 valence electrons. The van der Waals surface area contributed by atoms with E-state index in [0.29, 0.717) is 18.5 Å². The number of ketones is 1. The van der Waals surface area contributed by atoms with Crippen LogP contribution in [0, 0.1) is 0 Å². The van der Waals surface area contributed by atoms with Crippen molar-refractivity contribution in [3.8, 4) is 0 Å². The van der Waals surface area contributed by atoms with Crippen molar-refractivity contribution in [2.75, 3.05) is 5.73 Å². The third-order valence-electron chi connectivity index (χ3n) is 2.97. The van der Waals surface area contributed by atoms with Gasteiger partial charge in [0.25, 0.3) is 0 Å². The van der Waals surface area contributed by atoms with Gasteiger partial charge in [0.1, 0.15) is 5.78 Å². The van der Waals surface area contributed by atoms with E-state index in [9.17, 15) is 4.79 Å². The average Bonchev–Trinajstić information content (AvgIpc) is 2.15. The minimum absolute atomic E-state index is 0.0898. The summed E-state index contributed by atoms with van der Waals surface area (Å²) in [7, 11) is 0. The van der Waals surface area contributed by atoms with Gasteiger partial charge in [0.15, 0.2) is 0 Å². The summed E-state index contributed by atoms with van der Waals surface area (Å²) in [6.07, 6.45) is 5.01. The molecule has 1 aromatic carbocycles. The molecule has 0 amide bonds. The lowest BCUT2D eigenvalue weighted by atomic mass is 9.77. The quantitative estimate of drug-likeness (QED) is 0.741. The van der Waals surface area contributed by atoms with E-state index in [1.807, 2.05) is 30.4 Å². The van der Waals surface area contributed by atoms with Crippen molar-refractivity contribution in [3.63, 3.8) is 0 Å². The van der Waals surface area contributed by atoms with Crippen molar-refractivity contribution in [3.05, 3.63) is 35.4 Å². The Hall–Kier alpha value is -1.61. The molecular weight excluding hydrogens is 200 g/mol. The lowest BCUT2D eigenvalue weighted by Crippen LogP contribution is -2.40. The summed E-state index contributed by atoms with van der Waals surface area (Å²) in [5, 5.41) is 0. The van der Waals surface area contributed by atoms with Crippen LogP contribution in [0.5, 0.6) is 0 Å². The first kappa shape index (κ1) is 10.9. The molecule has 4 N–H and O–H groups in total. The van der Waals surface area contributed by atoms with E-state index in [1.165, 1.54) is 0 Å². The van der Waals surface area contributed by atoms with E-state index in [-0.39, 0.29) is 5.78 Å². The van der Waals surface area contributed by atoms with Gasteiger partial charge in [-0.25, -0.2) is 0 Å². The van der Waals surface area contributed by atoms with Crippen molar-refractivity contribution in [2.24, 2.45) is 5.73 Å². The Bertz CT molecular complexity index is 465. The minimum atomic E-state index is -0.638. The predicted molar refractivity (Wildman–Crippen MR) is 65.7 cm³/mol. The molecule has 1 aliphatic rings. The van der Waals surface area contributed by atoms with E-state index in [2.05, 4.69) is 0 Å². The Kier molecular flexibility index (Phi) is 2.56. The van der Waals surface area contributed by atoms with Crippen LogP contribution in [0.1, 0.15) is 30.9 Å². The van der Waals surface area contributed by atoms with Gasteiger partial charge in [-0.1, -0.05) is 24.3 Å². The number of carbonyl (C=O) groups excluding carboxylic acids is 1. The molecular formula is C13H16N2O. The maximum absolute atomic E-state index is 11.3. The fourth-order valence-corrected chi connectivity index (χ4v) is 2.41. The summed E-state index contributed by atoms with van der Waals surface area (Å²) < 4.78 is 0. The second-order valence-electron chi connectivity index (χ2n) is 4.45. The van der Waals surface area contributed by atoms with Gasteiger partial charge < -0.3 is 11.5 Å². The summed E-state index contributed by atoms with van der Waals surface area (Å²) in [4.78, 5) is 11.3. The van der Waals surface area contributed by atoms with E-state index < -0.39 is 5.54 Å². The second kappa shape index (κ2) is 3.76. The number of hydrogen-bond donors (Lipinski definition) is 2. The first-order chi connectivity index (χ1) is 7.53. The molecule has 16 heavy (non-hydrogen) atoms. The van der Waals surface area contributed by atoms with Crippen LogP contribution in [0.2, 0.25) is 0 Å². The lowest BCUT2D eigenvalue weighted by Gasteiger charge is -2.33. The third kappa shape index (κ3) is 1.74. The van der Waals surface area contributed by atoms with Gasteiger partial charge in [-0.05, 0) is 25.0 Å². The van der Waals surface area contributed by atoms with Crippen LogP contribution in [0.3, 0.4) is 0 Å². The fourth-order valence-electron chi connectivity index (χ4n) is 2.41. The molecule has 0 aromatic heterocycles. The molecule has 3 heteroatoms. The van der Waals surface area contributed by atoms with Crippen molar-refractivity contribution >= 4 is 17.5 Å². The number of nitrogens with two attached hydrogens (primary N) is 2. The molecule has 0 saturated heterocycles. The summed E-state index contributed by atoms with van der Waals surface area (Å²) in [6, 6.07) is 5.71. The zero-order chi connectivity index (χ0) is 11.8. The highest BCUT2D eigenvalue weighted by molar-refractivity contribution is 5.79. The Labute approximate surface area is 95.1 Å². The highest BCUT2D eigenvalue weighted by atomic mass is 16.1. The Morgan fingerprint density at radius 2 is 2.25 bits per heavy atom. The molecule has 1 atom stereocenters. The van der Waals surface area contributed by atoms with Gasteiger partial charge in [0.2, 0.25) is 0 Å². The first-order valence-corrected chi connectivity index (χ1v) is 5.37. The van der Waals surface area contributed by atoms with Gasteiger partial charge in [-0.15, -0.1) is 0 Å². The van der Waals surface area contributed by atoms with E-state index in [4.69, 9.17) is 11.5 Å². The molecule has 0 fully saturated rings. The van der Waals surface area contributed by atoms with Gasteiger partial charge in [0.05, 0.1) is 5.54 Å². The Morgan fingerprint density at radius 1 is 1.50 bits per heavy atom. The summed E-state index contributed by atoms with van der Waals surface area (Å²) in [5.41, 5.74) is 14.3. The van der Waals surface area contributed by atoms with Gasteiger partial charge in [0, 0.05) is 17.7 Å². The van der Waals surface area contributed by atoms with E-state index >= 15 is 0 Å². The molecule has 2 rings (SSSR count). The molecule has 0 heterocycles. The van der Waals surface area contributed by atoms with Crippen molar-refractivity contribution < 1.29 is 4.79 Å². The van der Waals surface area contributed by atoms with Crippen LogP contribution < -0.4 is 11.5 Å². The van der Waals surface area contributed by atoms with E-state index in [0.717, 1.165) is 11.1 Å². The maximum Gasteiger partial charge on any atom is 0.132 e. The molecule has 0 aliphatic heterocycles. The SMILES string of the molecule is CC(=O)CC1(N)CC=Cc2cccc(N)c21. The third-order valence-corrected chi connectivity index (χ3v) is 2.97. The molecule has 0 saturated carbocycles. The fraction of sp³-hybridized carbons (Fsp3) is 0.308. The van der Waals surface area contributed by atoms with Crippen molar-refractivity contribution in [1.29, 1.82) is 0 Å². The minimum Gasteiger partial charge on any atom is -0.398 e. The summed E-state index contributed by atoms with van der Waals surface area (Å²) >= 11 is 0. The largest absolute Gasteiger partial charge is 0.398 e. The number of fused-ring (bicyclic) bond motifs is 1. The number of hydrogen-bond acceptors (Lipinski definition) is 3. The highest BCUT2D eigenvalue weighted by Gasteiger charge is 2.33. The van der Waals surface area contributed by atoms with Crippen LogP contribution in [0.4, 0.5) is 5.69 Å². The predicted octanol–water partition coefficient (Wildman–Crippen LogP) is 1.82. The Morgan fingerprint density at radius 3 is 2.94 bits per heavy atom. The standard InChI is InChI=1S/C13H16N2O/c1-9(16)8-13(15)7-3-5-10-4-2-6-11(14)12(10)13/h2-6H,7-8,14-15H2,1H3. The normalized spacial score (nSPS) is 22.9. The average molecular weight is 216 g/mol. The van der Waals surface area contributed by atoms with Crippen LogP contribution >= 0.6 is 0 Å². The van der Waals surface area contributed by atoms with Crippen molar-refractivity contribution in [1.82, 2.24) is 0 Å². The zero-order valence-corrected chi connectivity index (χ0v) is 9.36. The van der Waals surface area contributed by atoms with Crippen molar-refractivity contribution in [2.45, 2.75) is 25.3 Å². The molecule has 0 bridgehead atoms. The first-order valence-electron chi connectivity index (χ1n) is 5.37. The molecule has 0 radical (unpaired) electrons. The number of benzene rings is 1. The van der Waals surface area contributed by atoms with Gasteiger partial charge in [-0.2, -0.15) is 0 Å². The smallest absolute Gasteiger partial charge is 0.132 e. The number of anilines is 1.